The van der Waals surface area contributed by atoms with Crippen LogP contribution in [-0.4, -0.2) is 28.1 Å². The summed E-state index contributed by atoms with van der Waals surface area (Å²) in [6.07, 6.45) is 5.59. The van der Waals surface area contributed by atoms with Gasteiger partial charge in [-0.25, -0.2) is 4.99 Å². The maximum absolute atomic E-state index is 11.8. The maximum atomic E-state index is 11.8. The molecule has 3 atom stereocenters. The first-order chi connectivity index (χ1) is 8.75. The Labute approximate surface area is 101 Å². The van der Waals surface area contributed by atoms with Gasteiger partial charge < -0.3 is 10.0 Å². The molecule has 0 fully saturated rings. The van der Waals surface area contributed by atoms with E-state index in [1.54, 1.807) is 0 Å². The Balaban J connectivity index is 1.94. The van der Waals surface area contributed by atoms with Crippen LogP contribution in [-0.2, 0) is 4.84 Å². The van der Waals surface area contributed by atoms with Crippen LogP contribution in [0, 0.1) is 16.3 Å². The van der Waals surface area contributed by atoms with Crippen LogP contribution in [0.3, 0.4) is 0 Å². The Kier molecular flexibility index (Phi) is 1.65. The molecule has 2 aliphatic heterocycles. The fourth-order valence-electron chi connectivity index (χ4n) is 2.78. The second kappa shape index (κ2) is 3.09. The molecule has 0 saturated heterocycles. The first-order valence-corrected chi connectivity index (χ1v) is 5.57. The van der Waals surface area contributed by atoms with Crippen LogP contribution in [0.1, 0.15) is 18.0 Å². The maximum Gasteiger partial charge on any atom is 0.337 e. The zero-order valence-corrected chi connectivity index (χ0v) is 9.09. The third-order valence-electron chi connectivity index (χ3n) is 3.57. The van der Waals surface area contributed by atoms with Gasteiger partial charge in [-0.3, -0.25) is 9.84 Å². The summed E-state index contributed by atoms with van der Waals surface area (Å²) in [5, 5.41) is 27.0. The fraction of sp³-hybridized carbons (Fsp3) is 0.400. The highest BCUT2D eigenvalue weighted by atomic mass is 16.9. The molecule has 0 spiro atoms. The first kappa shape index (κ1) is 9.63. The molecule has 0 saturated carbocycles. The van der Waals surface area contributed by atoms with Gasteiger partial charge in [-0.2, -0.15) is 0 Å². The molecule has 0 bridgehead atoms. The van der Waals surface area contributed by atoms with E-state index in [0.29, 0.717) is 15.5 Å². The van der Waals surface area contributed by atoms with Crippen molar-refractivity contribution in [2.24, 2.45) is 10.9 Å². The van der Waals surface area contributed by atoms with Crippen LogP contribution in [0.25, 0.3) is 0 Å². The lowest BCUT2D eigenvalue weighted by Gasteiger charge is -2.31. The van der Waals surface area contributed by atoms with Gasteiger partial charge in [-0.05, 0) is 11.3 Å². The summed E-state index contributed by atoms with van der Waals surface area (Å²) in [5.74, 6) is -0.137. The number of hydrogen-bond donors (Lipinski definition) is 0. The van der Waals surface area contributed by atoms with Gasteiger partial charge in [0.2, 0.25) is 5.69 Å². The van der Waals surface area contributed by atoms with Gasteiger partial charge in [0.15, 0.2) is 0 Å². The third kappa shape index (κ3) is 1.04. The summed E-state index contributed by atoms with van der Waals surface area (Å²) in [4.78, 5) is 9.90. The topological polar surface area (TPSA) is 101 Å². The van der Waals surface area contributed by atoms with E-state index in [0.717, 1.165) is 6.42 Å². The van der Waals surface area contributed by atoms with E-state index in [1.807, 2.05) is 12.2 Å². The monoisotopic (exact) mass is 248 g/mol. The van der Waals surface area contributed by atoms with Gasteiger partial charge in [0.05, 0.1) is 11.3 Å². The summed E-state index contributed by atoms with van der Waals surface area (Å²) >= 11 is 0. The van der Waals surface area contributed by atoms with Gasteiger partial charge in [-0.1, -0.05) is 12.2 Å². The molecule has 0 aromatic carbocycles. The van der Waals surface area contributed by atoms with Crippen molar-refractivity contribution in [2.75, 3.05) is 0 Å². The van der Waals surface area contributed by atoms with Crippen molar-refractivity contribution in [3.05, 3.63) is 28.3 Å². The summed E-state index contributed by atoms with van der Waals surface area (Å²) in [6, 6.07) is 0. The van der Waals surface area contributed by atoms with Crippen LogP contribution in [0.4, 0.5) is 5.82 Å². The smallest absolute Gasteiger partial charge is 0.337 e. The molecule has 8 nitrogen and oxygen atoms in total. The normalized spacial score (nSPS) is 31.9. The van der Waals surface area contributed by atoms with Gasteiger partial charge >= 0.3 is 5.82 Å². The zero-order valence-electron chi connectivity index (χ0n) is 9.09. The van der Waals surface area contributed by atoms with E-state index in [4.69, 9.17) is 4.84 Å². The summed E-state index contributed by atoms with van der Waals surface area (Å²) in [7, 11) is 0. The number of allylic oxidation sites excluding steroid dienone is 1. The summed E-state index contributed by atoms with van der Waals surface area (Å²) < 4.78 is 4.55. The minimum absolute atomic E-state index is 0.00954. The van der Waals surface area contributed by atoms with Gasteiger partial charge in [0.1, 0.15) is 12.1 Å². The van der Waals surface area contributed by atoms with Crippen LogP contribution < -0.4 is 4.90 Å². The van der Waals surface area contributed by atoms with Crippen molar-refractivity contribution >= 4 is 17.7 Å². The molecule has 0 unspecified atom stereocenters. The van der Waals surface area contributed by atoms with Crippen molar-refractivity contribution in [1.29, 1.82) is 0 Å². The minimum atomic E-state index is -0.382. The fourth-order valence-corrected chi connectivity index (χ4v) is 2.78. The predicted octanol–water partition coefficient (Wildman–Crippen LogP) is -0.0513. The van der Waals surface area contributed by atoms with Crippen molar-refractivity contribution in [3.63, 3.8) is 0 Å². The first-order valence-electron chi connectivity index (χ1n) is 5.57. The second-order valence-corrected chi connectivity index (χ2v) is 4.45. The van der Waals surface area contributed by atoms with E-state index >= 15 is 0 Å². The largest absolute Gasteiger partial charge is 0.395 e. The molecule has 92 valence electrons. The standard InChI is InChI=1S/C10H8N4O4/c15-13-6-4-11-10-9(14(16)18-12-10)8(6)5-2-1-3-7(5)17-13/h1,3-5,7-8H,2H2/t5-,7+,8-/m1/s1. The highest BCUT2D eigenvalue weighted by Crippen LogP contribution is 2.42. The number of aliphatic imine (C=N–C) groups is 1. The van der Waals surface area contributed by atoms with E-state index in [9.17, 15) is 10.4 Å². The average molecular weight is 248 g/mol. The molecule has 1 aromatic heterocycles. The highest BCUT2D eigenvalue weighted by Gasteiger charge is 2.50. The quantitative estimate of drug-likeness (QED) is 0.473. The lowest BCUT2D eigenvalue weighted by Crippen LogP contribution is -2.46. The third-order valence-corrected chi connectivity index (χ3v) is 3.57. The van der Waals surface area contributed by atoms with Crippen LogP contribution >= 0.6 is 0 Å². The van der Waals surface area contributed by atoms with E-state index in [-0.39, 0.29) is 29.5 Å². The molecule has 4 rings (SSSR count). The SMILES string of the molecule is [O-][N+]1=C2C=Nc3no[n+]([O-])c3[C@@H]2[C@@H]2CC=C[C@@H]2O1. The Morgan fingerprint density at radius 3 is 3.17 bits per heavy atom. The molecule has 0 N–H and O–H groups in total. The number of hydrogen-bond acceptors (Lipinski definition) is 6. The molecule has 1 aromatic rings. The van der Waals surface area contributed by atoms with Gasteiger partial charge in [-0.15, -0.1) is 0 Å². The average Bonchev–Trinajstić information content (AvgIpc) is 2.96. The second-order valence-electron chi connectivity index (χ2n) is 4.45. The highest BCUT2D eigenvalue weighted by molar-refractivity contribution is 6.32. The number of nitrogens with zero attached hydrogens (tertiary/aromatic N) is 4. The summed E-state index contributed by atoms with van der Waals surface area (Å²) in [6.45, 7) is 0. The van der Waals surface area contributed by atoms with E-state index < -0.39 is 0 Å². The number of rotatable bonds is 0. The predicted molar refractivity (Wildman–Crippen MR) is 57.1 cm³/mol. The Morgan fingerprint density at radius 2 is 2.28 bits per heavy atom. The molecular weight excluding hydrogens is 240 g/mol. The zero-order chi connectivity index (χ0) is 12.3. The number of aromatic nitrogens is 2. The van der Waals surface area contributed by atoms with Crippen molar-refractivity contribution in [2.45, 2.75) is 18.4 Å². The lowest BCUT2D eigenvalue weighted by molar-refractivity contribution is -0.810. The molecule has 0 amide bonds. The van der Waals surface area contributed by atoms with E-state index in [2.05, 4.69) is 14.8 Å². The Bertz CT molecular complexity index is 617. The molecule has 0 radical (unpaired) electrons. The minimum Gasteiger partial charge on any atom is -0.395 e. The van der Waals surface area contributed by atoms with Crippen molar-refractivity contribution < 1.29 is 19.3 Å². The molecule has 1 aliphatic carbocycles. The lowest BCUT2D eigenvalue weighted by atomic mass is 9.81. The molecular formula is C10H8N4O4. The van der Waals surface area contributed by atoms with Crippen molar-refractivity contribution in [1.82, 2.24) is 5.16 Å². The molecule has 3 heterocycles. The number of fused-ring (bicyclic) bond motifs is 5. The van der Waals surface area contributed by atoms with Crippen molar-refractivity contribution in [3.8, 4) is 0 Å². The molecule has 18 heavy (non-hydrogen) atoms. The van der Waals surface area contributed by atoms with Crippen LogP contribution in [0.15, 0.2) is 21.8 Å². The Morgan fingerprint density at radius 1 is 1.39 bits per heavy atom. The molecule has 3 aliphatic rings. The van der Waals surface area contributed by atoms with Gasteiger partial charge in [0.25, 0.3) is 5.71 Å². The molecule has 8 heteroatoms. The summed E-state index contributed by atoms with van der Waals surface area (Å²) in [5.41, 5.74) is 0.607. The van der Waals surface area contributed by atoms with E-state index in [1.165, 1.54) is 6.21 Å². The van der Waals surface area contributed by atoms with Crippen LogP contribution in [0.5, 0.6) is 0 Å². The Hall–Kier alpha value is -2.38. The van der Waals surface area contributed by atoms with Crippen LogP contribution in [0.2, 0.25) is 0 Å². The van der Waals surface area contributed by atoms with Gasteiger partial charge in [0, 0.05) is 10.8 Å².